The Labute approximate surface area is 135 Å². The van der Waals surface area contributed by atoms with Gasteiger partial charge in [-0.3, -0.25) is 0 Å². The van der Waals surface area contributed by atoms with Gasteiger partial charge in [-0.25, -0.2) is 9.78 Å². The van der Waals surface area contributed by atoms with Crippen LogP contribution in [0, 0.1) is 0 Å². The Bertz CT molecular complexity index is 646. The minimum Gasteiger partial charge on any atom is -0.497 e. The van der Waals surface area contributed by atoms with Crippen molar-refractivity contribution in [1.29, 1.82) is 0 Å². The molecule has 0 bridgehead atoms. The van der Waals surface area contributed by atoms with Crippen molar-refractivity contribution in [3.63, 3.8) is 0 Å². The molecule has 0 fully saturated rings. The van der Waals surface area contributed by atoms with Crippen LogP contribution >= 0.6 is 0 Å². The number of amides is 2. The van der Waals surface area contributed by atoms with Crippen molar-refractivity contribution >= 4 is 6.03 Å². The number of hydrogen-bond acceptors (Lipinski definition) is 4. The molecule has 6 heteroatoms. The Morgan fingerprint density at radius 1 is 1.13 bits per heavy atom. The van der Waals surface area contributed by atoms with Crippen LogP contribution in [0.3, 0.4) is 0 Å². The third kappa shape index (κ3) is 5.50. The van der Waals surface area contributed by atoms with Crippen molar-refractivity contribution in [3.8, 4) is 11.6 Å². The number of pyridine rings is 1. The van der Waals surface area contributed by atoms with E-state index >= 15 is 0 Å². The van der Waals surface area contributed by atoms with Gasteiger partial charge in [-0.1, -0.05) is 12.1 Å². The summed E-state index contributed by atoms with van der Waals surface area (Å²) in [4.78, 5) is 15.9. The minimum atomic E-state index is -0.234. The lowest BCUT2D eigenvalue weighted by molar-refractivity contribution is 0.240. The van der Waals surface area contributed by atoms with Crippen LogP contribution in [0.25, 0.3) is 0 Å². The summed E-state index contributed by atoms with van der Waals surface area (Å²) in [6, 6.07) is 11.0. The summed E-state index contributed by atoms with van der Waals surface area (Å²) in [7, 11) is 1.62. The molecule has 23 heavy (non-hydrogen) atoms. The summed E-state index contributed by atoms with van der Waals surface area (Å²) in [5.41, 5.74) is 1.90. The molecular formula is C17H21N3O3. The zero-order valence-corrected chi connectivity index (χ0v) is 13.3. The molecular weight excluding hydrogens is 294 g/mol. The number of carbonyl (C=O) groups excluding carboxylic acids is 1. The lowest BCUT2D eigenvalue weighted by Crippen LogP contribution is -2.34. The van der Waals surface area contributed by atoms with E-state index in [-0.39, 0.29) is 6.03 Å². The predicted molar refractivity (Wildman–Crippen MR) is 87.5 cm³/mol. The fourth-order valence-electron chi connectivity index (χ4n) is 2.00. The molecule has 2 N–H and O–H groups in total. The summed E-state index contributed by atoms with van der Waals surface area (Å²) >= 11 is 0. The first-order valence-corrected chi connectivity index (χ1v) is 7.43. The molecule has 0 saturated carbocycles. The molecule has 2 aromatic rings. The van der Waals surface area contributed by atoms with Crippen LogP contribution in [0.5, 0.6) is 11.6 Å². The molecule has 6 nitrogen and oxygen atoms in total. The average Bonchev–Trinajstić information content (AvgIpc) is 2.59. The minimum absolute atomic E-state index is 0.234. The normalized spacial score (nSPS) is 10.0. The highest BCUT2D eigenvalue weighted by atomic mass is 16.5. The molecule has 0 atom stereocenters. The third-order valence-electron chi connectivity index (χ3n) is 3.13. The van der Waals surface area contributed by atoms with E-state index in [4.69, 9.17) is 9.47 Å². The number of ether oxygens (including phenoxy) is 2. The maximum Gasteiger partial charge on any atom is 0.315 e. The van der Waals surface area contributed by atoms with Crippen LogP contribution in [-0.2, 0) is 13.1 Å². The molecule has 122 valence electrons. The highest BCUT2D eigenvalue weighted by Crippen LogP contribution is 2.12. The van der Waals surface area contributed by atoms with E-state index in [0.717, 1.165) is 16.9 Å². The van der Waals surface area contributed by atoms with E-state index in [9.17, 15) is 4.79 Å². The monoisotopic (exact) mass is 315 g/mol. The molecule has 2 rings (SSSR count). The standard InChI is InChI=1S/C17H21N3O3/c1-3-23-16-10-14(7-8-18-16)12-20-17(21)19-11-13-5-4-6-15(9-13)22-2/h4-10H,3,11-12H2,1-2H3,(H2,19,20,21). The molecule has 0 aliphatic rings. The second kappa shape index (κ2) is 8.63. The van der Waals surface area contributed by atoms with Gasteiger partial charge in [0.1, 0.15) is 5.75 Å². The molecule has 0 unspecified atom stereocenters. The fourth-order valence-corrected chi connectivity index (χ4v) is 2.00. The Balaban J connectivity index is 1.79. The SMILES string of the molecule is CCOc1cc(CNC(=O)NCc2cccc(OC)c2)ccn1. The number of nitrogens with zero attached hydrogens (tertiary/aromatic N) is 1. The molecule has 1 heterocycles. The van der Waals surface area contributed by atoms with Crippen molar-refractivity contribution in [1.82, 2.24) is 15.6 Å². The van der Waals surface area contributed by atoms with Crippen molar-refractivity contribution in [2.45, 2.75) is 20.0 Å². The van der Waals surface area contributed by atoms with Crippen LogP contribution < -0.4 is 20.1 Å². The van der Waals surface area contributed by atoms with Crippen molar-refractivity contribution < 1.29 is 14.3 Å². The highest BCUT2D eigenvalue weighted by molar-refractivity contribution is 5.73. The number of nitrogens with one attached hydrogen (secondary N) is 2. The van der Waals surface area contributed by atoms with E-state index in [2.05, 4.69) is 15.6 Å². The van der Waals surface area contributed by atoms with Gasteiger partial charge < -0.3 is 20.1 Å². The smallest absolute Gasteiger partial charge is 0.315 e. The number of aromatic nitrogens is 1. The summed E-state index contributed by atoms with van der Waals surface area (Å²) in [6.07, 6.45) is 1.66. The molecule has 0 aliphatic heterocycles. The van der Waals surface area contributed by atoms with Gasteiger partial charge in [0, 0.05) is 25.4 Å². The summed E-state index contributed by atoms with van der Waals surface area (Å²) < 4.78 is 10.5. The lowest BCUT2D eigenvalue weighted by Gasteiger charge is -2.09. The third-order valence-corrected chi connectivity index (χ3v) is 3.13. The maximum absolute atomic E-state index is 11.9. The number of urea groups is 1. The van der Waals surface area contributed by atoms with E-state index < -0.39 is 0 Å². The topological polar surface area (TPSA) is 72.5 Å². The maximum atomic E-state index is 11.9. The predicted octanol–water partition coefficient (Wildman–Crippen LogP) is 2.49. The van der Waals surface area contributed by atoms with Gasteiger partial charge in [0.25, 0.3) is 0 Å². The number of rotatable bonds is 7. The van der Waals surface area contributed by atoms with E-state index in [1.165, 1.54) is 0 Å². The molecule has 1 aromatic carbocycles. The Kier molecular flexibility index (Phi) is 6.23. The van der Waals surface area contributed by atoms with Gasteiger partial charge in [-0.2, -0.15) is 0 Å². The molecule has 1 aromatic heterocycles. The average molecular weight is 315 g/mol. The van der Waals surface area contributed by atoms with E-state index in [1.807, 2.05) is 43.3 Å². The van der Waals surface area contributed by atoms with Crippen LogP contribution in [0.1, 0.15) is 18.1 Å². The number of hydrogen-bond donors (Lipinski definition) is 2. The number of benzene rings is 1. The fraction of sp³-hybridized carbons (Fsp3) is 0.294. The first-order chi connectivity index (χ1) is 11.2. The van der Waals surface area contributed by atoms with Gasteiger partial charge >= 0.3 is 6.03 Å². The van der Waals surface area contributed by atoms with Gasteiger partial charge in [-0.05, 0) is 36.2 Å². The molecule has 2 amide bonds. The van der Waals surface area contributed by atoms with Crippen molar-refractivity contribution in [2.24, 2.45) is 0 Å². The summed E-state index contributed by atoms with van der Waals surface area (Å²) in [6.45, 7) is 3.31. The van der Waals surface area contributed by atoms with Crippen molar-refractivity contribution in [3.05, 3.63) is 53.7 Å². The van der Waals surface area contributed by atoms with Crippen LogP contribution in [0.15, 0.2) is 42.6 Å². The van der Waals surface area contributed by atoms with Gasteiger partial charge in [0.05, 0.1) is 13.7 Å². The van der Waals surface area contributed by atoms with Crippen LogP contribution in [0.4, 0.5) is 4.79 Å². The zero-order chi connectivity index (χ0) is 16.5. The first-order valence-electron chi connectivity index (χ1n) is 7.43. The lowest BCUT2D eigenvalue weighted by atomic mass is 10.2. The molecule has 0 aliphatic carbocycles. The first kappa shape index (κ1) is 16.6. The Morgan fingerprint density at radius 3 is 2.57 bits per heavy atom. The largest absolute Gasteiger partial charge is 0.497 e. The van der Waals surface area contributed by atoms with E-state index in [0.29, 0.717) is 25.6 Å². The second-order valence-corrected chi connectivity index (χ2v) is 4.82. The Morgan fingerprint density at radius 2 is 1.87 bits per heavy atom. The summed E-state index contributed by atoms with van der Waals surface area (Å²) in [5.74, 6) is 1.33. The van der Waals surface area contributed by atoms with Crippen LogP contribution in [0.2, 0.25) is 0 Å². The zero-order valence-electron chi connectivity index (χ0n) is 13.3. The van der Waals surface area contributed by atoms with E-state index in [1.54, 1.807) is 13.3 Å². The molecule has 0 spiro atoms. The number of methoxy groups -OCH3 is 1. The molecule has 0 radical (unpaired) electrons. The second-order valence-electron chi connectivity index (χ2n) is 4.82. The van der Waals surface area contributed by atoms with Crippen LogP contribution in [-0.4, -0.2) is 24.7 Å². The number of carbonyl (C=O) groups is 1. The Hall–Kier alpha value is -2.76. The molecule has 0 saturated heterocycles. The van der Waals surface area contributed by atoms with Gasteiger partial charge in [0.15, 0.2) is 0 Å². The van der Waals surface area contributed by atoms with Gasteiger partial charge in [0.2, 0.25) is 5.88 Å². The van der Waals surface area contributed by atoms with Gasteiger partial charge in [-0.15, -0.1) is 0 Å². The summed E-state index contributed by atoms with van der Waals surface area (Å²) in [5, 5.41) is 5.61. The highest BCUT2D eigenvalue weighted by Gasteiger charge is 2.03. The quantitative estimate of drug-likeness (QED) is 0.823. The van der Waals surface area contributed by atoms with Crippen molar-refractivity contribution in [2.75, 3.05) is 13.7 Å².